The zero-order chi connectivity index (χ0) is 17.4. The molecule has 1 fully saturated rings. The first kappa shape index (κ1) is 15.5. The standard InChI is InChI=1S/C17H19N7O/c1-23(13-6-11(18)7-13)17-20-9-15(21-22-17)14-3-2-12(8-16(14)25)24-5-4-19-10-24/h2-5,8-11,13,25H,6-7,18H2,1H3/t11-,13+. The first-order valence-corrected chi connectivity index (χ1v) is 8.11. The van der Waals surface area contributed by atoms with Gasteiger partial charge in [-0.2, -0.15) is 0 Å². The molecule has 8 nitrogen and oxygen atoms in total. The molecule has 0 amide bonds. The third kappa shape index (κ3) is 2.91. The van der Waals surface area contributed by atoms with Crippen LogP contribution in [0.5, 0.6) is 5.75 Å². The lowest BCUT2D eigenvalue weighted by atomic mass is 9.87. The van der Waals surface area contributed by atoms with Crippen molar-refractivity contribution in [1.82, 2.24) is 24.7 Å². The van der Waals surface area contributed by atoms with Crippen LogP contribution in [-0.2, 0) is 0 Å². The summed E-state index contributed by atoms with van der Waals surface area (Å²) in [6.07, 6.45) is 8.68. The Morgan fingerprint density at radius 3 is 2.72 bits per heavy atom. The van der Waals surface area contributed by atoms with E-state index in [2.05, 4.69) is 20.2 Å². The first-order valence-electron chi connectivity index (χ1n) is 8.11. The van der Waals surface area contributed by atoms with Crippen LogP contribution in [0.1, 0.15) is 12.8 Å². The molecule has 2 aromatic heterocycles. The fourth-order valence-corrected chi connectivity index (χ4v) is 2.97. The van der Waals surface area contributed by atoms with E-state index in [-0.39, 0.29) is 11.8 Å². The molecule has 1 aliphatic carbocycles. The topological polar surface area (TPSA) is 106 Å². The van der Waals surface area contributed by atoms with Crippen molar-refractivity contribution in [2.45, 2.75) is 24.9 Å². The Morgan fingerprint density at radius 1 is 1.28 bits per heavy atom. The van der Waals surface area contributed by atoms with E-state index in [1.807, 2.05) is 28.8 Å². The number of hydrogen-bond acceptors (Lipinski definition) is 7. The fourth-order valence-electron chi connectivity index (χ4n) is 2.97. The van der Waals surface area contributed by atoms with Crippen LogP contribution in [0.4, 0.5) is 5.95 Å². The quantitative estimate of drug-likeness (QED) is 0.740. The Balaban J connectivity index is 1.56. The number of benzene rings is 1. The number of phenolic OH excluding ortho intramolecular Hbond substituents is 1. The van der Waals surface area contributed by atoms with Crippen molar-refractivity contribution in [2.24, 2.45) is 5.73 Å². The molecule has 1 aliphatic rings. The summed E-state index contributed by atoms with van der Waals surface area (Å²) in [5.41, 5.74) is 7.76. The van der Waals surface area contributed by atoms with E-state index in [4.69, 9.17) is 5.73 Å². The van der Waals surface area contributed by atoms with E-state index in [0.29, 0.717) is 23.2 Å². The highest BCUT2D eigenvalue weighted by Gasteiger charge is 2.30. The number of aromatic nitrogens is 5. The van der Waals surface area contributed by atoms with Crippen molar-refractivity contribution in [1.29, 1.82) is 0 Å². The molecular weight excluding hydrogens is 318 g/mol. The number of nitrogens with zero attached hydrogens (tertiary/aromatic N) is 6. The molecular formula is C17H19N7O. The number of anilines is 1. The molecule has 128 valence electrons. The highest BCUT2D eigenvalue weighted by molar-refractivity contribution is 5.68. The summed E-state index contributed by atoms with van der Waals surface area (Å²) in [5, 5.41) is 18.7. The minimum absolute atomic E-state index is 0.119. The lowest BCUT2D eigenvalue weighted by molar-refractivity contribution is 0.336. The maximum atomic E-state index is 10.3. The monoisotopic (exact) mass is 337 g/mol. The normalized spacial score (nSPS) is 19.4. The van der Waals surface area contributed by atoms with E-state index < -0.39 is 0 Å². The van der Waals surface area contributed by atoms with E-state index in [0.717, 1.165) is 18.5 Å². The van der Waals surface area contributed by atoms with E-state index in [1.54, 1.807) is 30.9 Å². The number of hydrogen-bond donors (Lipinski definition) is 2. The van der Waals surface area contributed by atoms with Gasteiger partial charge >= 0.3 is 0 Å². The second-order valence-electron chi connectivity index (χ2n) is 6.31. The number of nitrogens with two attached hydrogens (primary N) is 1. The number of imidazole rings is 1. The molecule has 0 bridgehead atoms. The van der Waals surface area contributed by atoms with Crippen molar-refractivity contribution in [3.05, 3.63) is 43.1 Å². The predicted octanol–water partition coefficient (Wildman–Crippen LogP) is 1.36. The van der Waals surface area contributed by atoms with Crippen LogP contribution in [0, 0.1) is 0 Å². The molecule has 1 saturated carbocycles. The molecule has 4 rings (SSSR count). The lowest BCUT2D eigenvalue weighted by Crippen LogP contribution is -2.49. The van der Waals surface area contributed by atoms with Gasteiger partial charge in [0.2, 0.25) is 5.95 Å². The zero-order valence-electron chi connectivity index (χ0n) is 13.8. The summed E-state index contributed by atoms with van der Waals surface area (Å²) in [4.78, 5) is 10.4. The van der Waals surface area contributed by atoms with Crippen LogP contribution < -0.4 is 10.6 Å². The second kappa shape index (κ2) is 6.14. The Morgan fingerprint density at radius 2 is 2.12 bits per heavy atom. The zero-order valence-corrected chi connectivity index (χ0v) is 13.8. The summed E-state index contributed by atoms with van der Waals surface area (Å²) in [5.74, 6) is 0.684. The molecule has 3 aromatic rings. The molecule has 2 heterocycles. The molecule has 1 aromatic carbocycles. The van der Waals surface area contributed by atoms with Crippen LogP contribution in [0.3, 0.4) is 0 Å². The maximum absolute atomic E-state index is 10.3. The van der Waals surface area contributed by atoms with Crippen molar-refractivity contribution in [3.8, 4) is 22.7 Å². The van der Waals surface area contributed by atoms with Crippen molar-refractivity contribution < 1.29 is 5.11 Å². The fraction of sp³-hybridized carbons (Fsp3) is 0.294. The Labute approximate surface area is 145 Å². The van der Waals surface area contributed by atoms with Gasteiger partial charge in [-0.25, -0.2) is 9.97 Å². The van der Waals surface area contributed by atoms with Gasteiger partial charge in [0.1, 0.15) is 11.4 Å². The van der Waals surface area contributed by atoms with Gasteiger partial charge in [0.05, 0.1) is 18.2 Å². The van der Waals surface area contributed by atoms with Gasteiger partial charge in [0, 0.05) is 43.2 Å². The van der Waals surface area contributed by atoms with E-state index in [1.165, 1.54) is 0 Å². The Hall–Kier alpha value is -3.00. The molecule has 0 unspecified atom stereocenters. The third-order valence-corrected chi connectivity index (χ3v) is 4.62. The minimum Gasteiger partial charge on any atom is -0.507 e. The predicted molar refractivity (Wildman–Crippen MR) is 93.5 cm³/mol. The number of phenols is 1. The molecule has 0 saturated heterocycles. The summed E-state index contributed by atoms with van der Waals surface area (Å²) in [7, 11) is 1.95. The smallest absolute Gasteiger partial charge is 0.245 e. The largest absolute Gasteiger partial charge is 0.507 e. The summed E-state index contributed by atoms with van der Waals surface area (Å²) in [6, 6.07) is 5.98. The average molecular weight is 337 g/mol. The summed E-state index contributed by atoms with van der Waals surface area (Å²) in [6.45, 7) is 0. The molecule has 0 aliphatic heterocycles. The van der Waals surface area contributed by atoms with Crippen molar-refractivity contribution in [2.75, 3.05) is 11.9 Å². The Bertz CT molecular complexity index is 857. The van der Waals surface area contributed by atoms with Gasteiger partial charge in [0.25, 0.3) is 0 Å². The summed E-state index contributed by atoms with van der Waals surface area (Å²) >= 11 is 0. The summed E-state index contributed by atoms with van der Waals surface area (Å²) < 4.78 is 1.81. The molecule has 25 heavy (non-hydrogen) atoms. The number of aromatic hydroxyl groups is 1. The van der Waals surface area contributed by atoms with Crippen LogP contribution in [0.2, 0.25) is 0 Å². The third-order valence-electron chi connectivity index (χ3n) is 4.62. The molecule has 0 spiro atoms. The van der Waals surface area contributed by atoms with Gasteiger partial charge in [0.15, 0.2) is 0 Å². The van der Waals surface area contributed by atoms with Crippen molar-refractivity contribution >= 4 is 5.95 Å². The van der Waals surface area contributed by atoms with Crippen LogP contribution >= 0.6 is 0 Å². The Kier molecular flexibility index (Phi) is 3.81. The molecule has 0 atom stereocenters. The van der Waals surface area contributed by atoms with Crippen molar-refractivity contribution in [3.63, 3.8) is 0 Å². The molecule has 3 N–H and O–H groups in total. The van der Waals surface area contributed by atoms with Crippen LogP contribution in [-0.4, -0.2) is 49.0 Å². The van der Waals surface area contributed by atoms with E-state index >= 15 is 0 Å². The minimum atomic E-state index is 0.119. The number of rotatable bonds is 4. The van der Waals surface area contributed by atoms with Gasteiger partial charge in [-0.3, -0.25) is 0 Å². The average Bonchev–Trinajstić information content (AvgIpc) is 3.13. The van der Waals surface area contributed by atoms with Gasteiger partial charge in [-0.05, 0) is 25.0 Å². The highest BCUT2D eigenvalue weighted by atomic mass is 16.3. The second-order valence-corrected chi connectivity index (χ2v) is 6.31. The van der Waals surface area contributed by atoms with E-state index in [9.17, 15) is 5.11 Å². The van der Waals surface area contributed by atoms with Gasteiger partial charge < -0.3 is 20.3 Å². The van der Waals surface area contributed by atoms with Gasteiger partial charge in [-0.1, -0.05) is 0 Å². The van der Waals surface area contributed by atoms with Crippen LogP contribution in [0.25, 0.3) is 16.9 Å². The molecule has 8 heteroatoms. The highest BCUT2D eigenvalue weighted by Crippen LogP contribution is 2.30. The lowest BCUT2D eigenvalue weighted by Gasteiger charge is -2.39. The van der Waals surface area contributed by atoms with Crippen LogP contribution in [0.15, 0.2) is 43.1 Å². The first-order chi connectivity index (χ1) is 12.1. The molecule has 0 radical (unpaired) electrons. The maximum Gasteiger partial charge on any atom is 0.245 e. The van der Waals surface area contributed by atoms with Gasteiger partial charge in [-0.15, -0.1) is 10.2 Å². The SMILES string of the molecule is CN(c1ncc(-c2ccc(-n3ccnc3)cc2O)nn1)[C@H]1C[C@@H](N)C1.